The summed E-state index contributed by atoms with van der Waals surface area (Å²) in [6.07, 6.45) is 0. The Kier molecular flexibility index (Phi) is 3.62. The minimum Gasteiger partial charge on any atom is -0.458 e. The number of nitrogens with two attached hydrogens (primary N) is 1. The van der Waals surface area contributed by atoms with Gasteiger partial charge in [-0.1, -0.05) is 24.3 Å². The summed E-state index contributed by atoms with van der Waals surface area (Å²) in [6.45, 7) is 9.12. The molecule has 3 nitrogen and oxygen atoms in total. The van der Waals surface area contributed by atoms with E-state index in [0.29, 0.717) is 0 Å². The Hall–Kier alpha value is -1.35. The van der Waals surface area contributed by atoms with Gasteiger partial charge in [-0.15, -0.1) is 0 Å². The maximum Gasteiger partial charge on any atom is 0.331 e. The zero-order valence-corrected chi connectivity index (χ0v) is 11.2. The summed E-state index contributed by atoms with van der Waals surface area (Å²) in [7, 11) is 0. The Morgan fingerprint density at radius 3 is 2.18 bits per heavy atom. The molecule has 0 amide bonds. The first-order valence-corrected chi connectivity index (χ1v) is 5.73. The molecule has 0 aromatic heterocycles. The van der Waals surface area contributed by atoms with Crippen molar-refractivity contribution in [2.24, 2.45) is 5.73 Å². The predicted octanol–water partition coefficient (Wildman–Crippen LogP) is 2.51. The first-order chi connectivity index (χ1) is 7.64. The van der Waals surface area contributed by atoms with E-state index in [1.165, 1.54) is 0 Å². The van der Waals surface area contributed by atoms with Gasteiger partial charge in [0.05, 0.1) is 0 Å². The zero-order valence-electron chi connectivity index (χ0n) is 11.2. The van der Waals surface area contributed by atoms with Crippen LogP contribution in [0.25, 0.3) is 0 Å². The maximum absolute atomic E-state index is 12.1. The van der Waals surface area contributed by atoms with E-state index in [-0.39, 0.29) is 0 Å². The third kappa shape index (κ3) is 3.30. The number of carbonyl (C=O) groups excluding carboxylic acids is 1. The number of rotatable bonds is 2. The molecule has 3 heteroatoms. The first-order valence-electron chi connectivity index (χ1n) is 5.73. The van der Waals surface area contributed by atoms with Crippen molar-refractivity contribution in [3.8, 4) is 0 Å². The fourth-order valence-electron chi connectivity index (χ4n) is 1.65. The van der Waals surface area contributed by atoms with E-state index in [1.807, 2.05) is 52.0 Å². The fourth-order valence-corrected chi connectivity index (χ4v) is 1.65. The first kappa shape index (κ1) is 13.7. The molecule has 0 unspecified atom stereocenters. The van der Waals surface area contributed by atoms with E-state index < -0.39 is 17.1 Å². The van der Waals surface area contributed by atoms with Crippen molar-refractivity contribution in [2.75, 3.05) is 0 Å². The molecule has 1 rings (SSSR count). The molecule has 1 aromatic rings. The van der Waals surface area contributed by atoms with E-state index in [9.17, 15) is 4.79 Å². The maximum atomic E-state index is 12.1. The molecule has 94 valence electrons. The quantitative estimate of drug-likeness (QED) is 0.801. The second-order valence-corrected chi connectivity index (χ2v) is 5.52. The zero-order chi connectivity index (χ0) is 13.3. The number of aryl methyl sites for hydroxylation is 1. The third-order valence-corrected chi connectivity index (χ3v) is 2.53. The summed E-state index contributed by atoms with van der Waals surface area (Å²) < 4.78 is 5.35. The topological polar surface area (TPSA) is 52.3 Å². The lowest BCUT2D eigenvalue weighted by atomic mass is 9.89. The van der Waals surface area contributed by atoms with Crippen LogP contribution in [0.15, 0.2) is 24.3 Å². The van der Waals surface area contributed by atoms with E-state index in [4.69, 9.17) is 10.5 Å². The highest BCUT2D eigenvalue weighted by Gasteiger charge is 2.35. The van der Waals surface area contributed by atoms with Crippen LogP contribution < -0.4 is 5.73 Å². The Bertz CT molecular complexity index is 416. The number of hydrogen-bond acceptors (Lipinski definition) is 3. The average molecular weight is 235 g/mol. The van der Waals surface area contributed by atoms with E-state index in [2.05, 4.69) is 0 Å². The highest BCUT2D eigenvalue weighted by atomic mass is 16.6. The van der Waals surface area contributed by atoms with Crippen LogP contribution in [-0.2, 0) is 15.1 Å². The Morgan fingerprint density at radius 2 is 1.71 bits per heavy atom. The van der Waals surface area contributed by atoms with Crippen LogP contribution in [0.4, 0.5) is 0 Å². The summed E-state index contributed by atoms with van der Waals surface area (Å²) in [5.41, 5.74) is 6.26. The van der Waals surface area contributed by atoms with Crippen LogP contribution in [0.2, 0.25) is 0 Å². The predicted molar refractivity (Wildman–Crippen MR) is 68.6 cm³/mol. The summed E-state index contributed by atoms with van der Waals surface area (Å²) in [4.78, 5) is 12.1. The number of carbonyl (C=O) groups is 1. The molecule has 17 heavy (non-hydrogen) atoms. The average Bonchev–Trinajstić information content (AvgIpc) is 2.15. The minimum absolute atomic E-state index is 0.403. The van der Waals surface area contributed by atoms with Gasteiger partial charge in [-0.25, -0.2) is 4.79 Å². The van der Waals surface area contributed by atoms with E-state index in [0.717, 1.165) is 11.1 Å². The standard InChI is InChI=1S/C14H21NO2/c1-10-8-6-7-9-11(10)14(5,15)12(16)17-13(2,3)4/h6-9H,15H2,1-5H3/t14-/m1/s1. The molecule has 1 aromatic carbocycles. The third-order valence-electron chi connectivity index (χ3n) is 2.53. The molecule has 0 aliphatic rings. The molecular formula is C14H21NO2. The fraction of sp³-hybridized carbons (Fsp3) is 0.500. The monoisotopic (exact) mass is 235 g/mol. The highest BCUT2D eigenvalue weighted by Crippen LogP contribution is 2.24. The number of ether oxygens (including phenoxy) is 1. The SMILES string of the molecule is Cc1ccccc1[C@@](C)(N)C(=O)OC(C)(C)C. The molecule has 1 atom stereocenters. The van der Waals surface area contributed by atoms with Crippen LogP contribution in [0.1, 0.15) is 38.8 Å². The smallest absolute Gasteiger partial charge is 0.331 e. The van der Waals surface area contributed by atoms with Crippen molar-refractivity contribution in [1.29, 1.82) is 0 Å². The summed E-state index contributed by atoms with van der Waals surface area (Å²) in [5.74, 6) is -0.403. The van der Waals surface area contributed by atoms with Crippen molar-refractivity contribution in [2.45, 2.75) is 45.8 Å². The van der Waals surface area contributed by atoms with Crippen molar-refractivity contribution in [1.82, 2.24) is 0 Å². The Morgan fingerprint density at radius 1 is 1.18 bits per heavy atom. The molecule has 0 fully saturated rings. The van der Waals surface area contributed by atoms with Gasteiger partial charge in [-0.2, -0.15) is 0 Å². The van der Waals surface area contributed by atoms with Gasteiger partial charge in [0.15, 0.2) is 0 Å². The molecule has 0 aliphatic heterocycles. The molecular weight excluding hydrogens is 214 g/mol. The van der Waals surface area contributed by atoms with Crippen LogP contribution in [0.3, 0.4) is 0 Å². The van der Waals surface area contributed by atoms with Crippen molar-refractivity contribution in [3.63, 3.8) is 0 Å². The van der Waals surface area contributed by atoms with Crippen LogP contribution in [-0.4, -0.2) is 11.6 Å². The van der Waals surface area contributed by atoms with Gasteiger partial charge >= 0.3 is 5.97 Å². The molecule has 0 radical (unpaired) electrons. The van der Waals surface area contributed by atoms with Crippen molar-refractivity contribution < 1.29 is 9.53 Å². The Labute approximate surface area is 103 Å². The molecule has 0 saturated heterocycles. The second kappa shape index (κ2) is 4.49. The molecule has 0 heterocycles. The van der Waals surface area contributed by atoms with E-state index >= 15 is 0 Å². The molecule has 0 spiro atoms. The molecule has 0 bridgehead atoms. The normalized spacial score (nSPS) is 15.2. The Balaban J connectivity index is 3.03. The number of hydrogen-bond donors (Lipinski definition) is 1. The van der Waals surface area contributed by atoms with Gasteiger partial charge in [0, 0.05) is 0 Å². The molecule has 2 N–H and O–H groups in total. The van der Waals surface area contributed by atoms with Gasteiger partial charge < -0.3 is 10.5 Å². The largest absolute Gasteiger partial charge is 0.458 e. The molecule has 0 saturated carbocycles. The van der Waals surface area contributed by atoms with Crippen molar-refractivity contribution in [3.05, 3.63) is 35.4 Å². The summed E-state index contributed by atoms with van der Waals surface area (Å²) in [5, 5.41) is 0. The summed E-state index contributed by atoms with van der Waals surface area (Å²) in [6, 6.07) is 7.59. The lowest BCUT2D eigenvalue weighted by Gasteiger charge is -2.29. The highest BCUT2D eigenvalue weighted by molar-refractivity contribution is 5.82. The van der Waals surface area contributed by atoms with Gasteiger partial charge in [0.25, 0.3) is 0 Å². The van der Waals surface area contributed by atoms with Crippen LogP contribution in [0.5, 0.6) is 0 Å². The van der Waals surface area contributed by atoms with Crippen molar-refractivity contribution >= 4 is 5.97 Å². The van der Waals surface area contributed by atoms with Crippen LogP contribution >= 0.6 is 0 Å². The second-order valence-electron chi connectivity index (χ2n) is 5.52. The summed E-state index contributed by atoms with van der Waals surface area (Å²) >= 11 is 0. The number of benzene rings is 1. The lowest BCUT2D eigenvalue weighted by Crippen LogP contribution is -2.46. The van der Waals surface area contributed by atoms with Gasteiger partial charge in [-0.3, -0.25) is 0 Å². The van der Waals surface area contributed by atoms with Gasteiger partial charge in [0.1, 0.15) is 11.1 Å². The molecule has 0 aliphatic carbocycles. The van der Waals surface area contributed by atoms with Crippen LogP contribution in [0, 0.1) is 6.92 Å². The van der Waals surface area contributed by atoms with E-state index in [1.54, 1.807) is 6.92 Å². The minimum atomic E-state index is -1.11. The van der Waals surface area contributed by atoms with Gasteiger partial charge in [0.2, 0.25) is 0 Å². The lowest BCUT2D eigenvalue weighted by molar-refractivity contribution is -0.161. The van der Waals surface area contributed by atoms with Gasteiger partial charge in [-0.05, 0) is 45.7 Å². The number of esters is 1.